The number of hydrogen-bond acceptors (Lipinski definition) is 4. The van der Waals surface area contributed by atoms with Crippen molar-refractivity contribution >= 4 is 5.91 Å². The SMILES string of the molecule is CCc1ccccc1-c1nc(CNC(=O)C(O)C[C@@H]2CC[C@H]3CC2C3(C)C)c(C)o1. The molecular formula is C25H34N2O3. The van der Waals surface area contributed by atoms with Gasteiger partial charge in [0, 0.05) is 5.56 Å². The normalized spacial score (nSPS) is 25.4. The lowest BCUT2D eigenvalue weighted by Gasteiger charge is -2.60. The number of aliphatic hydroxyl groups excluding tert-OH is 1. The highest BCUT2D eigenvalue weighted by Crippen LogP contribution is 2.62. The molecule has 3 aliphatic carbocycles. The topological polar surface area (TPSA) is 75.4 Å². The number of rotatable bonds is 7. The van der Waals surface area contributed by atoms with Gasteiger partial charge in [-0.2, -0.15) is 0 Å². The van der Waals surface area contributed by atoms with E-state index < -0.39 is 6.10 Å². The minimum absolute atomic E-state index is 0.265. The van der Waals surface area contributed by atoms with E-state index in [-0.39, 0.29) is 12.5 Å². The van der Waals surface area contributed by atoms with E-state index >= 15 is 0 Å². The summed E-state index contributed by atoms with van der Waals surface area (Å²) in [5.41, 5.74) is 3.23. The van der Waals surface area contributed by atoms with Crippen LogP contribution >= 0.6 is 0 Å². The summed E-state index contributed by atoms with van der Waals surface area (Å²) in [4.78, 5) is 17.1. The number of carbonyl (C=O) groups excluding carboxylic acids is 1. The Morgan fingerprint density at radius 2 is 2.10 bits per heavy atom. The summed E-state index contributed by atoms with van der Waals surface area (Å²) in [5.74, 6) is 2.87. The molecule has 2 aromatic rings. The van der Waals surface area contributed by atoms with Crippen molar-refractivity contribution in [2.45, 2.75) is 72.4 Å². The van der Waals surface area contributed by atoms with Gasteiger partial charge < -0.3 is 14.8 Å². The van der Waals surface area contributed by atoms with Crippen molar-refractivity contribution in [1.29, 1.82) is 0 Å². The molecule has 0 spiro atoms. The molecule has 3 aliphatic rings. The molecule has 162 valence electrons. The summed E-state index contributed by atoms with van der Waals surface area (Å²) >= 11 is 0. The predicted octanol–water partition coefficient (Wildman–Crippen LogP) is 4.65. The third-order valence-corrected chi connectivity index (χ3v) is 7.78. The molecular weight excluding hydrogens is 376 g/mol. The Morgan fingerprint density at radius 1 is 1.33 bits per heavy atom. The maximum absolute atomic E-state index is 12.5. The van der Waals surface area contributed by atoms with Crippen LogP contribution in [0.2, 0.25) is 0 Å². The number of nitrogens with one attached hydrogen (secondary N) is 1. The Morgan fingerprint density at radius 3 is 2.80 bits per heavy atom. The standard InChI is InChI=1S/C25H34N2O3/c1-5-16-8-6-7-9-19(16)24-27-21(15(2)30-24)14-26-23(29)22(28)12-17-10-11-18-13-20(17)25(18,3)4/h6-9,17-18,20,22,28H,5,10-14H2,1-4H3,(H,26,29)/t17-,18-,20?,22?/m0/s1. The first-order chi connectivity index (χ1) is 14.3. The number of fused-ring (bicyclic) bond motifs is 2. The molecule has 30 heavy (non-hydrogen) atoms. The lowest BCUT2D eigenvalue weighted by atomic mass is 9.45. The van der Waals surface area contributed by atoms with Crippen molar-refractivity contribution in [2.75, 3.05) is 0 Å². The highest BCUT2D eigenvalue weighted by molar-refractivity contribution is 5.80. The minimum atomic E-state index is -0.963. The first-order valence-electron chi connectivity index (χ1n) is 11.3. The molecule has 0 aliphatic heterocycles. The van der Waals surface area contributed by atoms with Gasteiger partial charge in [-0.05, 0) is 73.8 Å². The average Bonchev–Trinajstić information content (AvgIpc) is 3.12. The third-order valence-electron chi connectivity index (χ3n) is 7.78. The molecule has 5 rings (SSSR count). The van der Waals surface area contributed by atoms with Crippen LogP contribution in [0.15, 0.2) is 28.7 Å². The fourth-order valence-electron chi connectivity index (χ4n) is 5.67. The van der Waals surface area contributed by atoms with E-state index in [9.17, 15) is 9.90 Å². The minimum Gasteiger partial charge on any atom is -0.441 e. The number of aromatic nitrogens is 1. The van der Waals surface area contributed by atoms with Gasteiger partial charge >= 0.3 is 0 Å². The van der Waals surface area contributed by atoms with Crippen LogP contribution < -0.4 is 5.32 Å². The Bertz CT molecular complexity index is 915. The fraction of sp³-hybridized carbons (Fsp3) is 0.600. The summed E-state index contributed by atoms with van der Waals surface area (Å²) in [6, 6.07) is 8.07. The Labute approximate surface area is 179 Å². The lowest BCUT2D eigenvalue weighted by molar-refractivity contribution is -0.137. The van der Waals surface area contributed by atoms with Crippen molar-refractivity contribution in [1.82, 2.24) is 10.3 Å². The molecule has 2 N–H and O–H groups in total. The summed E-state index contributed by atoms with van der Waals surface area (Å²) < 4.78 is 5.87. The maximum Gasteiger partial charge on any atom is 0.249 e. The summed E-state index contributed by atoms with van der Waals surface area (Å²) in [7, 11) is 0. The zero-order chi connectivity index (χ0) is 21.5. The number of aliphatic hydroxyl groups is 1. The van der Waals surface area contributed by atoms with Gasteiger partial charge in [-0.3, -0.25) is 4.79 Å². The van der Waals surface area contributed by atoms with E-state index in [0.717, 1.165) is 24.3 Å². The van der Waals surface area contributed by atoms with Gasteiger partial charge in [-0.15, -0.1) is 0 Å². The highest BCUT2D eigenvalue weighted by atomic mass is 16.4. The Kier molecular flexibility index (Phi) is 5.75. The van der Waals surface area contributed by atoms with Crippen molar-refractivity contribution in [3.05, 3.63) is 41.3 Å². The zero-order valence-electron chi connectivity index (χ0n) is 18.6. The van der Waals surface area contributed by atoms with E-state index in [4.69, 9.17) is 4.42 Å². The molecule has 4 atom stereocenters. The largest absolute Gasteiger partial charge is 0.441 e. The number of aryl methyl sites for hydroxylation is 2. The van der Waals surface area contributed by atoms with Crippen molar-refractivity contribution < 1.29 is 14.3 Å². The molecule has 1 heterocycles. The molecule has 5 nitrogen and oxygen atoms in total. The summed E-state index contributed by atoms with van der Waals surface area (Å²) in [5, 5.41) is 13.4. The molecule has 0 radical (unpaired) electrons. The van der Waals surface area contributed by atoms with Gasteiger partial charge in [0.2, 0.25) is 11.8 Å². The number of carbonyl (C=O) groups is 1. The van der Waals surface area contributed by atoms with Gasteiger partial charge in [0.25, 0.3) is 0 Å². The van der Waals surface area contributed by atoms with Crippen LogP contribution in [-0.2, 0) is 17.8 Å². The fourth-order valence-corrected chi connectivity index (χ4v) is 5.67. The first-order valence-corrected chi connectivity index (χ1v) is 11.3. The van der Waals surface area contributed by atoms with Crippen LogP contribution in [-0.4, -0.2) is 22.1 Å². The van der Waals surface area contributed by atoms with Crippen LogP contribution in [0.1, 0.15) is 63.5 Å². The van der Waals surface area contributed by atoms with Gasteiger partial charge in [-0.25, -0.2) is 4.98 Å². The number of oxazole rings is 1. The molecule has 3 saturated carbocycles. The van der Waals surface area contributed by atoms with Gasteiger partial charge in [-0.1, -0.05) is 39.0 Å². The second-order valence-corrected chi connectivity index (χ2v) is 9.70. The van der Waals surface area contributed by atoms with Gasteiger partial charge in [0.05, 0.1) is 6.54 Å². The highest BCUT2D eigenvalue weighted by Gasteiger charge is 2.54. The molecule has 2 bridgehead atoms. The molecule has 1 aromatic carbocycles. The first kappa shape index (κ1) is 21.1. The van der Waals surface area contributed by atoms with Gasteiger partial charge in [0.1, 0.15) is 17.6 Å². The molecule has 1 amide bonds. The second kappa shape index (κ2) is 8.18. The maximum atomic E-state index is 12.5. The van der Waals surface area contributed by atoms with Crippen molar-refractivity contribution in [3.8, 4) is 11.5 Å². The van der Waals surface area contributed by atoms with E-state index in [1.807, 2.05) is 25.1 Å². The molecule has 5 heteroatoms. The quantitative estimate of drug-likeness (QED) is 0.697. The summed E-state index contributed by atoms with van der Waals surface area (Å²) in [6.07, 6.45) is 4.10. The van der Waals surface area contributed by atoms with E-state index in [1.54, 1.807) is 0 Å². The molecule has 3 fully saturated rings. The van der Waals surface area contributed by atoms with Crippen LogP contribution in [0.4, 0.5) is 0 Å². The summed E-state index contributed by atoms with van der Waals surface area (Å²) in [6.45, 7) is 8.91. The average molecular weight is 411 g/mol. The van der Waals surface area contributed by atoms with Gasteiger partial charge in [0.15, 0.2) is 0 Å². The van der Waals surface area contributed by atoms with Crippen LogP contribution in [0.5, 0.6) is 0 Å². The van der Waals surface area contributed by atoms with E-state index in [0.29, 0.717) is 41.0 Å². The molecule has 0 saturated heterocycles. The molecule has 2 unspecified atom stereocenters. The van der Waals surface area contributed by atoms with Crippen LogP contribution in [0, 0.1) is 30.1 Å². The Hall–Kier alpha value is -2.14. The molecule has 1 aromatic heterocycles. The smallest absolute Gasteiger partial charge is 0.249 e. The second-order valence-electron chi connectivity index (χ2n) is 9.70. The van der Waals surface area contributed by atoms with Crippen molar-refractivity contribution in [3.63, 3.8) is 0 Å². The number of amides is 1. The van der Waals surface area contributed by atoms with Crippen LogP contribution in [0.25, 0.3) is 11.5 Å². The zero-order valence-corrected chi connectivity index (χ0v) is 18.6. The monoisotopic (exact) mass is 410 g/mol. The third kappa shape index (κ3) is 3.80. The predicted molar refractivity (Wildman–Crippen MR) is 117 cm³/mol. The van der Waals surface area contributed by atoms with E-state index in [1.165, 1.54) is 18.4 Å². The number of hydrogen-bond donors (Lipinski definition) is 2. The Balaban J connectivity index is 1.35. The number of benzene rings is 1. The van der Waals surface area contributed by atoms with Crippen LogP contribution in [0.3, 0.4) is 0 Å². The number of nitrogens with zero attached hydrogens (tertiary/aromatic N) is 1. The lowest BCUT2D eigenvalue weighted by Crippen LogP contribution is -2.53. The van der Waals surface area contributed by atoms with E-state index in [2.05, 4.69) is 37.1 Å². The van der Waals surface area contributed by atoms with Crippen molar-refractivity contribution in [2.24, 2.45) is 23.2 Å².